The smallest absolute Gasteiger partial charge is 0.182 e. The van der Waals surface area contributed by atoms with E-state index in [2.05, 4.69) is 19.2 Å². The van der Waals surface area contributed by atoms with E-state index >= 15 is 0 Å². The van der Waals surface area contributed by atoms with Crippen LogP contribution in [0.3, 0.4) is 0 Å². The third kappa shape index (κ3) is 7.66. The number of rotatable bonds is 18. The maximum atomic E-state index is 6.26. The summed E-state index contributed by atoms with van der Waals surface area (Å²) in [5.74, 6) is 0. The van der Waals surface area contributed by atoms with Crippen molar-refractivity contribution in [1.29, 1.82) is 0 Å². The summed E-state index contributed by atoms with van der Waals surface area (Å²) >= 11 is 0. The van der Waals surface area contributed by atoms with E-state index in [1.807, 2.05) is 41.5 Å². The molecular formula is C20H47NO6Si2. The molecule has 29 heavy (non-hydrogen) atoms. The minimum absolute atomic E-state index is 0.497. The molecule has 0 rings (SSSR count). The van der Waals surface area contributed by atoms with Crippen molar-refractivity contribution in [3.8, 4) is 0 Å². The monoisotopic (exact) mass is 453 g/mol. The van der Waals surface area contributed by atoms with Crippen LogP contribution in [0.5, 0.6) is 0 Å². The summed E-state index contributed by atoms with van der Waals surface area (Å²) in [6.45, 7) is 19.2. The van der Waals surface area contributed by atoms with E-state index in [0.29, 0.717) is 60.1 Å². The first kappa shape index (κ1) is 29.2. The average Bonchev–Trinajstić information content (AvgIpc) is 2.65. The molecule has 176 valence electrons. The minimum Gasteiger partial charge on any atom is -0.356 e. The van der Waals surface area contributed by atoms with E-state index in [4.69, 9.17) is 28.4 Å². The molecule has 4 atom stereocenters. The van der Waals surface area contributed by atoms with E-state index in [0.717, 1.165) is 12.8 Å². The Hall–Kier alpha value is 0.154. The Morgan fingerprint density at radius 1 is 0.552 bits per heavy atom. The molecule has 0 fully saturated rings. The van der Waals surface area contributed by atoms with Crippen molar-refractivity contribution in [3.05, 3.63) is 0 Å². The second-order valence-electron chi connectivity index (χ2n) is 7.51. The summed E-state index contributed by atoms with van der Waals surface area (Å²) in [4.78, 5) is 0. The highest BCUT2D eigenvalue weighted by Crippen LogP contribution is 2.35. The average molecular weight is 454 g/mol. The van der Waals surface area contributed by atoms with Crippen molar-refractivity contribution in [1.82, 2.24) is 5.32 Å². The van der Waals surface area contributed by atoms with Crippen molar-refractivity contribution >= 4 is 20.5 Å². The second kappa shape index (κ2) is 13.5. The third-order valence-electron chi connectivity index (χ3n) is 5.08. The van der Waals surface area contributed by atoms with Gasteiger partial charge in [0.15, 0.2) is 22.3 Å². The van der Waals surface area contributed by atoms with Gasteiger partial charge in [-0.1, -0.05) is 13.8 Å². The van der Waals surface area contributed by atoms with Crippen LogP contribution in [0, 0.1) is 0 Å². The lowest BCUT2D eigenvalue weighted by Crippen LogP contribution is -2.76. The lowest BCUT2D eigenvalue weighted by Gasteiger charge is -2.54. The highest BCUT2D eigenvalue weighted by molar-refractivity contribution is 6.15. The van der Waals surface area contributed by atoms with Gasteiger partial charge in [-0.2, -0.15) is 0 Å². The molecule has 1 N–H and O–H groups in total. The summed E-state index contributed by atoms with van der Waals surface area (Å²) in [5.41, 5.74) is -3.70. The van der Waals surface area contributed by atoms with Gasteiger partial charge in [0.1, 0.15) is 0 Å². The molecule has 0 aromatic heterocycles. The first-order valence-corrected chi connectivity index (χ1v) is 13.2. The van der Waals surface area contributed by atoms with Gasteiger partial charge < -0.3 is 28.4 Å². The summed E-state index contributed by atoms with van der Waals surface area (Å²) < 4.78 is 37.3. The maximum absolute atomic E-state index is 6.26. The van der Waals surface area contributed by atoms with Gasteiger partial charge in [0, 0.05) is 39.6 Å². The second-order valence-corrected chi connectivity index (χ2v) is 10.1. The van der Waals surface area contributed by atoms with Crippen LogP contribution in [-0.2, 0) is 28.4 Å². The molecule has 0 aliphatic heterocycles. The van der Waals surface area contributed by atoms with Gasteiger partial charge in [-0.3, -0.25) is 5.32 Å². The van der Waals surface area contributed by atoms with Gasteiger partial charge in [0.2, 0.25) is 0 Å². The summed E-state index contributed by atoms with van der Waals surface area (Å²) in [5, 5.41) is 3.60. The summed E-state index contributed by atoms with van der Waals surface area (Å²) in [6, 6.07) is 0. The summed E-state index contributed by atoms with van der Waals surface area (Å²) in [7, 11) is 1.19. The maximum Gasteiger partial charge on any atom is 0.182 e. The van der Waals surface area contributed by atoms with Crippen LogP contribution < -0.4 is 5.32 Å². The fourth-order valence-electron chi connectivity index (χ4n) is 3.37. The first-order chi connectivity index (χ1) is 13.6. The Labute approximate surface area is 184 Å². The van der Waals surface area contributed by atoms with Gasteiger partial charge >= 0.3 is 0 Å². The van der Waals surface area contributed by atoms with E-state index in [-0.39, 0.29) is 0 Å². The number of hydrogen-bond acceptors (Lipinski definition) is 7. The molecule has 0 saturated carbocycles. The molecule has 0 aromatic carbocycles. The van der Waals surface area contributed by atoms with Crippen molar-refractivity contribution in [2.45, 2.75) is 90.5 Å². The number of ether oxygens (including phenoxy) is 6. The standard InChI is InChI=1S/C20H47NO6Si2/c1-9-15-26-19(28,24-13-5)17(7,22-11-3)21-18(8,23-12-4)20(29,25-14-6)27-16-10-2/h21H,9-16H2,1-8,28-29H3. The minimum atomic E-state index is -0.953. The van der Waals surface area contributed by atoms with Crippen LogP contribution in [0.25, 0.3) is 0 Å². The summed E-state index contributed by atoms with van der Waals surface area (Å²) in [6.07, 6.45) is 1.79. The molecule has 0 spiro atoms. The van der Waals surface area contributed by atoms with E-state index in [1.54, 1.807) is 0 Å². The number of nitrogens with one attached hydrogen (secondary N) is 1. The fraction of sp³-hybridized carbons (Fsp3) is 1.00. The molecule has 0 amide bonds. The fourth-order valence-corrected chi connectivity index (χ4v) is 4.90. The molecule has 0 saturated heterocycles. The lowest BCUT2D eigenvalue weighted by atomic mass is 10.1. The Balaban J connectivity index is 6.21. The molecular weight excluding hydrogens is 406 g/mol. The van der Waals surface area contributed by atoms with Crippen LogP contribution in [0.15, 0.2) is 0 Å². The van der Waals surface area contributed by atoms with Crippen LogP contribution in [0.2, 0.25) is 0 Å². The normalized spacial score (nSPS) is 20.7. The van der Waals surface area contributed by atoms with Crippen molar-refractivity contribution in [2.24, 2.45) is 0 Å². The zero-order valence-corrected chi connectivity index (χ0v) is 24.6. The highest BCUT2D eigenvalue weighted by Gasteiger charge is 2.57. The molecule has 0 aliphatic rings. The molecule has 4 unspecified atom stereocenters. The van der Waals surface area contributed by atoms with E-state index in [9.17, 15) is 0 Å². The zero-order chi connectivity index (χ0) is 22.6. The van der Waals surface area contributed by atoms with Gasteiger partial charge in [0.25, 0.3) is 0 Å². The largest absolute Gasteiger partial charge is 0.356 e. The first-order valence-electron chi connectivity index (χ1n) is 11.2. The van der Waals surface area contributed by atoms with Crippen molar-refractivity contribution in [3.63, 3.8) is 0 Å². The Morgan fingerprint density at radius 3 is 1.10 bits per heavy atom. The molecule has 0 aliphatic carbocycles. The molecule has 7 nitrogen and oxygen atoms in total. The van der Waals surface area contributed by atoms with Gasteiger partial charge in [-0.15, -0.1) is 0 Å². The van der Waals surface area contributed by atoms with Crippen LogP contribution in [0.1, 0.15) is 68.2 Å². The Kier molecular flexibility index (Phi) is 13.6. The van der Waals surface area contributed by atoms with Crippen molar-refractivity contribution < 1.29 is 28.4 Å². The van der Waals surface area contributed by atoms with Gasteiger partial charge in [0.05, 0.1) is 20.5 Å². The third-order valence-corrected chi connectivity index (χ3v) is 8.14. The van der Waals surface area contributed by atoms with Crippen LogP contribution in [0.4, 0.5) is 0 Å². The van der Waals surface area contributed by atoms with Gasteiger partial charge in [-0.05, 0) is 54.4 Å². The topological polar surface area (TPSA) is 67.4 Å². The highest BCUT2D eigenvalue weighted by atomic mass is 28.2. The Bertz CT molecular complexity index is 411. The number of hydrogen-bond donors (Lipinski definition) is 1. The zero-order valence-electron chi connectivity index (χ0n) is 20.6. The SMILES string of the molecule is CCCOC([SiH3])(OCC)C(C)(NC(C)(OCC)C([SiH3])(OCC)OCCC)OCC. The molecule has 0 radical (unpaired) electrons. The quantitative estimate of drug-likeness (QED) is 0.246. The predicted molar refractivity (Wildman–Crippen MR) is 124 cm³/mol. The molecule has 0 heterocycles. The molecule has 0 aromatic rings. The van der Waals surface area contributed by atoms with Crippen LogP contribution >= 0.6 is 0 Å². The Morgan fingerprint density at radius 2 is 0.862 bits per heavy atom. The van der Waals surface area contributed by atoms with Crippen molar-refractivity contribution in [2.75, 3.05) is 39.6 Å². The van der Waals surface area contributed by atoms with E-state index < -0.39 is 22.3 Å². The van der Waals surface area contributed by atoms with Gasteiger partial charge in [-0.25, -0.2) is 0 Å². The van der Waals surface area contributed by atoms with Crippen LogP contribution in [-0.4, -0.2) is 82.4 Å². The molecule has 9 heteroatoms. The lowest BCUT2D eigenvalue weighted by molar-refractivity contribution is -0.340. The predicted octanol–water partition coefficient (Wildman–Crippen LogP) is 1.05. The molecule has 0 bridgehead atoms. The van der Waals surface area contributed by atoms with E-state index in [1.165, 1.54) is 0 Å².